The zero-order valence-corrected chi connectivity index (χ0v) is 7.00. The molecule has 0 aliphatic carbocycles. The van der Waals surface area contributed by atoms with Crippen LogP contribution in [0.15, 0.2) is 0 Å². The largest absolute Gasteiger partial charge is 0.446 e. The van der Waals surface area contributed by atoms with Gasteiger partial charge in [-0.25, -0.2) is 9.80 Å². The number of hydrazine groups is 1. The second-order valence-electron chi connectivity index (χ2n) is 2.55. The zero-order chi connectivity index (χ0) is 8.97. The molecule has 1 heterocycles. The van der Waals surface area contributed by atoms with Crippen LogP contribution in [0.5, 0.6) is 0 Å². The van der Waals surface area contributed by atoms with Gasteiger partial charge in [0.1, 0.15) is 6.61 Å². The van der Waals surface area contributed by atoms with Crippen LogP contribution in [0.4, 0.5) is 4.79 Å². The topological polar surface area (TPSA) is 58.6 Å². The molecule has 12 heavy (non-hydrogen) atoms. The summed E-state index contributed by atoms with van der Waals surface area (Å²) < 4.78 is 4.62. The lowest BCUT2D eigenvalue weighted by molar-refractivity contribution is -0.124. The van der Waals surface area contributed by atoms with Gasteiger partial charge in [-0.1, -0.05) is 6.92 Å². The second kappa shape index (κ2) is 3.94. The van der Waals surface area contributed by atoms with Gasteiger partial charge in [-0.15, -0.1) is 0 Å². The summed E-state index contributed by atoms with van der Waals surface area (Å²) in [6.45, 7) is 2.70. The molecule has 0 bridgehead atoms. The number of hydrogen-bond acceptors (Lipinski definition) is 3. The third-order valence-electron chi connectivity index (χ3n) is 1.50. The summed E-state index contributed by atoms with van der Waals surface area (Å²) in [6, 6.07) is 0. The summed E-state index contributed by atoms with van der Waals surface area (Å²) in [6.07, 6.45) is 0.734. The number of carbonyl (C=O) groups is 2. The molecule has 2 amide bonds. The summed E-state index contributed by atoms with van der Waals surface area (Å²) in [5.74, 6) is -0.142. The lowest BCUT2D eigenvalue weighted by Crippen LogP contribution is -2.42. The molecule has 1 N–H and O–H groups in total. The van der Waals surface area contributed by atoms with E-state index in [1.807, 2.05) is 6.92 Å². The molecule has 0 atom stereocenters. The molecule has 5 heteroatoms. The Morgan fingerprint density at radius 3 is 3.00 bits per heavy atom. The summed E-state index contributed by atoms with van der Waals surface area (Å²) in [4.78, 5) is 21.8. The maximum absolute atomic E-state index is 11.0. The molecule has 0 aromatic carbocycles. The number of cyclic esters (lactones) is 1. The predicted molar refractivity (Wildman–Crippen MR) is 41.1 cm³/mol. The van der Waals surface area contributed by atoms with Gasteiger partial charge in [-0.05, 0) is 6.42 Å². The Bertz CT molecular complexity index is 193. The number of ether oxygens (including phenoxy) is 1. The normalized spacial score (nSPS) is 16.1. The molecule has 0 saturated carbocycles. The van der Waals surface area contributed by atoms with Crippen molar-refractivity contribution in [2.45, 2.75) is 19.8 Å². The first-order chi connectivity index (χ1) is 5.74. The number of amides is 2. The minimum absolute atomic E-state index is 0.142. The molecule has 0 unspecified atom stereocenters. The average Bonchev–Trinajstić information content (AvgIpc) is 2.37. The minimum atomic E-state index is -0.473. The lowest BCUT2D eigenvalue weighted by atomic mass is 10.3. The number of hydrogen-bond donors (Lipinski definition) is 1. The number of nitrogens with zero attached hydrogens (tertiary/aromatic N) is 1. The zero-order valence-electron chi connectivity index (χ0n) is 7.00. The van der Waals surface area contributed by atoms with Crippen molar-refractivity contribution in [3.05, 3.63) is 0 Å². The van der Waals surface area contributed by atoms with E-state index in [-0.39, 0.29) is 5.91 Å². The Morgan fingerprint density at radius 2 is 2.50 bits per heavy atom. The molecule has 1 aliphatic heterocycles. The third kappa shape index (κ3) is 2.11. The van der Waals surface area contributed by atoms with Gasteiger partial charge in [0.25, 0.3) is 0 Å². The number of nitrogens with one attached hydrogen (secondary N) is 1. The van der Waals surface area contributed by atoms with Gasteiger partial charge in [-0.2, -0.15) is 0 Å². The van der Waals surface area contributed by atoms with E-state index in [4.69, 9.17) is 0 Å². The summed E-state index contributed by atoms with van der Waals surface area (Å²) in [7, 11) is 0. The van der Waals surface area contributed by atoms with Crippen LogP contribution in [-0.4, -0.2) is 30.2 Å². The van der Waals surface area contributed by atoms with Crippen LogP contribution < -0.4 is 5.43 Å². The Labute approximate surface area is 70.6 Å². The highest BCUT2D eigenvalue weighted by atomic mass is 16.6. The van der Waals surface area contributed by atoms with Gasteiger partial charge < -0.3 is 4.74 Å². The minimum Gasteiger partial charge on any atom is -0.446 e. The summed E-state index contributed by atoms with van der Waals surface area (Å²) in [5.41, 5.74) is 2.45. The van der Waals surface area contributed by atoms with Crippen molar-refractivity contribution in [1.82, 2.24) is 10.4 Å². The van der Waals surface area contributed by atoms with Gasteiger partial charge in [-0.3, -0.25) is 10.2 Å². The quantitative estimate of drug-likeness (QED) is 0.664. The van der Waals surface area contributed by atoms with Crippen molar-refractivity contribution in [2.24, 2.45) is 0 Å². The number of rotatable bonds is 3. The molecule has 0 aromatic heterocycles. The highest BCUT2D eigenvalue weighted by molar-refractivity contribution is 5.79. The molecule has 0 radical (unpaired) electrons. The Kier molecular flexibility index (Phi) is 2.90. The van der Waals surface area contributed by atoms with Crippen molar-refractivity contribution < 1.29 is 14.3 Å². The van der Waals surface area contributed by atoms with E-state index in [0.29, 0.717) is 19.6 Å². The van der Waals surface area contributed by atoms with E-state index in [1.54, 1.807) is 0 Å². The molecule has 5 nitrogen and oxygen atoms in total. The maximum atomic E-state index is 11.0. The van der Waals surface area contributed by atoms with Crippen LogP contribution in [0.25, 0.3) is 0 Å². The van der Waals surface area contributed by atoms with Crippen molar-refractivity contribution >= 4 is 12.0 Å². The monoisotopic (exact) mass is 172 g/mol. The third-order valence-corrected chi connectivity index (χ3v) is 1.50. The van der Waals surface area contributed by atoms with Gasteiger partial charge in [0, 0.05) is 6.42 Å². The van der Waals surface area contributed by atoms with Gasteiger partial charge in [0.15, 0.2) is 0 Å². The van der Waals surface area contributed by atoms with Crippen molar-refractivity contribution in [1.29, 1.82) is 0 Å². The van der Waals surface area contributed by atoms with Gasteiger partial charge in [0.05, 0.1) is 6.54 Å². The first-order valence-corrected chi connectivity index (χ1v) is 3.98. The van der Waals surface area contributed by atoms with E-state index in [0.717, 1.165) is 6.42 Å². The van der Waals surface area contributed by atoms with E-state index < -0.39 is 6.09 Å². The molecule has 0 spiro atoms. The average molecular weight is 172 g/mol. The summed E-state index contributed by atoms with van der Waals surface area (Å²) >= 11 is 0. The fourth-order valence-electron chi connectivity index (χ4n) is 0.928. The highest BCUT2D eigenvalue weighted by Crippen LogP contribution is 1.99. The molecule has 1 aliphatic rings. The van der Waals surface area contributed by atoms with Crippen molar-refractivity contribution in [3.8, 4) is 0 Å². The molecule has 1 fully saturated rings. The van der Waals surface area contributed by atoms with E-state index in [9.17, 15) is 9.59 Å². The first kappa shape index (κ1) is 8.83. The van der Waals surface area contributed by atoms with Crippen molar-refractivity contribution in [2.75, 3.05) is 13.2 Å². The maximum Gasteiger partial charge on any atom is 0.428 e. The Morgan fingerprint density at radius 1 is 1.75 bits per heavy atom. The fraction of sp³-hybridized carbons (Fsp3) is 0.714. The SMILES string of the molecule is CCCC(=O)NN1CCOC1=O. The summed E-state index contributed by atoms with van der Waals surface area (Å²) in [5, 5.41) is 1.19. The van der Waals surface area contributed by atoms with Crippen LogP contribution in [0.2, 0.25) is 0 Å². The van der Waals surface area contributed by atoms with Crippen molar-refractivity contribution in [3.63, 3.8) is 0 Å². The van der Waals surface area contributed by atoms with Crippen LogP contribution in [0, 0.1) is 0 Å². The van der Waals surface area contributed by atoms with Crippen LogP contribution in [0.3, 0.4) is 0 Å². The van der Waals surface area contributed by atoms with Crippen LogP contribution >= 0.6 is 0 Å². The second-order valence-corrected chi connectivity index (χ2v) is 2.55. The van der Waals surface area contributed by atoms with E-state index in [2.05, 4.69) is 10.2 Å². The standard InChI is InChI=1S/C7H12N2O3/c1-2-3-6(10)8-9-4-5-12-7(9)11/h2-5H2,1H3,(H,8,10). The van der Waals surface area contributed by atoms with Gasteiger partial charge in [0.2, 0.25) is 5.91 Å². The van der Waals surface area contributed by atoms with E-state index >= 15 is 0 Å². The fourth-order valence-corrected chi connectivity index (χ4v) is 0.928. The molecule has 1 saturated heterocycles. The molecular weight excluding hydrogens is 160 g/mol. The first-order valence-electron chi connectivity index (χ1n) is 3.98. The van der Waals surface area contributed by atoms with Crippen LogP contribution in [0.1, 0.15) is 19.8 Å². The molecule has 0 aromatic rings. The Balaban J connectivity index is 2.30. The molecule has 68 valence electrons. The molecule has 1 rings (SSSR count). The Hall–Kier alpha value is -1.26. The number of carbonyl (C=O) groups excluding carboxylic acids is 2. The van der Waals surface area contributed by atoms with Crippen LogP contribution in [-0.2, 0) is 9.53 Å². The lowest BCUT2D eigenvalue weighted by Gasteiger charge is -2.12. The smallest absolute Gasteiger partial charge is 0.428 e. The molecular formula is C7H12N2O3. The van der Waals surface area contributed by atoms with E-state index in [1.165, 1.54) is 5.01 Å². The highest BCUT2D eigenvalue weighted by Gasteiger charge is 2.22. The van der Waals surface area contributed by atoms with Gasteiger partial charge >= 0.3 is 6.09 Å². The predicted octanol–water partition coefficient (Wildman–Crippen LogP) is 0.270.